The van der Waals surface area contributed by atoms with Gasteiger partial charge in [0.2, 0.25) is 0 Å². The van der Waals surface area contributed by atoms with Crippen LogP contribution >= 0.6 is 0 Å². The van der Waals surface area contributed by atoms with Crippen LogP contribution in [0.3, 0.4) is 0 Å². The van der Waals surface area contributed by atoms with Crippen LogP contribution < -0.4 is 10.3 Å². The average Bonchev–Trinajstić information content (AvgIpc) is 2.62. The minimum atomic E-state index is 0.216. The Labute approximate surface area is 146 Å². The summed E-state index contributed by atoms with van der Waals surface area (Å²) in [4.78, 5) is 0. The molecule has 0 bridgehead atoms. The Morgan fingerprint density at radius 3 is 2.16 bits per heavy atom. The lowest BCUT2D eigenvalue weighted by molar-refractivity contribution is -0.671. The van der Waals surface area contributed by atoms with E-state index < -0.39 is 0 Å². The van der Waals surface area contributed by atoms with Crippen LogP contribution in [0.4, 0.5) is 5.69 Å². The maximum Gasteiger partial charge on any atom is 0.169 e. The molecular formula is C20H19N4O+. The van der Waals surface area contributed by atoms with Crippen molar-refractivity contribution in [1.82, 2.24) is 0 Å². The Morgan fingerprint density at radius 1 is 0.920 bits per heavy atom. The first-order valence-electron chi connectivity index (χ1n) is 7.83. The summed E-state index contributed by atoms with van der Waals surface area (Å²) in [7, 11) is 1.96. The zero-order valence-electron chi connectivity index (χ0n) is 13.9. The van der Waals surface area contributed by atoms with Gasteiger partial charge in [-0.2, -0.15) is 5.10 Å². The van der Waals surface area contributed by atoms with E-state index in [9.17, 15) is 5.11 Å². The molecule has 3 aromatic rings. The van der Waals surface area contributed by atoms with Crippen molar-refractivity contribution < 1.29 is 9.67 Å². The highest BCUT2D eigenvalue weighted by Gasteiger charge is 2.09. The van der Waals surface area contributed by atoms with Crippen molar-refractivity contribution in [2.24, 2.45) is 17.3 Å². The van der Waals surface area contributed by atoms with E-state index in [-0.39, 0.29) is 5.75 Å². The Kier molecular flexibility index (Phi) is 4.85. The van der Waals surface area contributed by atoms with Crippen LogP contribution in [0.1, 0.15) is 16.7 Å². The normalized spacial score (nSPS) is 11.8. The van der Waals surface area contributed by atoms with Gasteiger partial charge in [0.1, 0.15) is 18.5 Å². The number of aryl methyl sites for hydroxylation is 1. The predicted molar refractivity (Wildman–Crippen MR) is 99.8 cm³/mol. The topological polar surface area (TPSA) is 74.8 Å². The highest BCUT2D eigenvalue weighted by molar-refractivity contribution is 6.12. The molecular weight excluding hydrogens is 312 g/mol. The van der Waals surface area contributed by atoms with E-state index in [1.54, 1.807) is 18.3 Å². The molecule has 0 unspecified atom stereocenters. The molecule has 3 N–H and O–H groups in total. The van der Waals surface area contributed by atoms with E-state index >= 15 is 0 Å². The molecule has 0 aliphatic carbocycles. The maximum atomic E-state index is 9.51. The number of benzene rings is 2. The second-order valence-electron chi connectivity index (χ2n) is 5.66. The van der Waals surface area contributed by atoms with Crippen LogP contribution in [0.15, 0.2) is 83.3 Å². The molecule has 3 rings (SSSR count). The van der Waals surface area contributed by atoms with Crippen LogP contribution in [0.5, 0.6) is 5.75 Å². The van der Waals surface area contributed by atoms with Crippen LogP contribution in [0, 0.1) is 0 Å². The first kappa shape index (κ1) is 16.4. The fourth-order valence-electron chi connectivity index (χ4n) is 2.30. The van der Waals surface area contributed by atoms with Gasteiger partial charge in [0.25, 0.3) is 0 Å². The summed E-state index contributed by atoms with van der Waals surface area (Å²) in [5, 5.41) is 18.1. The van der Waals surface area contributed by atoms with E-state index in [4.69, 9.17) is 5.73 Å². The first-order valence-corrected chi connectivity index (χ1v) is 7.83. The van der Waals surface area contributed by atoms with Crippen LogP contribution in [0.2, 0.25) is 0 Å². The van der Waals surface area contributed by atoms with Gasteiger partial charge in [-0.05, 0) is 42.0 Å². The van der Waals surface area contributed by atoms with Crippen molar-refractivity contribution in [2.75, 3.05) is 5.73 Å². The van der Waals surface area contributed by atoms with Gasteiger partial charge in [-0.15, -0.1) is 5.10 Å². The fraction of sp³-hybridized carbons (Fsp3) is 0.0500. The quantitative estimate of drug-likeness (QED) is 0.334. The van der Waals surface area contributed by atoms with Crippen LogP contribution in [0.25, 0.3) is 0 Å². The lowest BCUT2D eigenvalue weighted by Crippen LogP contribution is -2.26. The van der Waals surface area contributed by atoms with Gasteiger partial charge < -0.3 is 10.8 Å². The highest BCUT2D eigenvalue weighted by Crippen LogP contribution is 2.15. The van der Waals surface area contributed by atoms with Gasteiger partial charge in [-0.3, -0.25) is 0 Å². The molecule has 5 heteroatoms. The first-order chi connectivity index (χ1) is 12.1. The molecule has 25 heavy (non-hydrogen) atoms. The molecule has 0 aliphatic heterocycles. The third kappa shape index (κ3) is 4.29. The van der Waals surface area contributed by atoms with E-state index in [1.165, 1.54) is 0 Å². The summed E-state index contributed by atoms with van der Waals surface area (Å²) in [6.45, 7) is 0. The molecule has 0 amide bonds. The smallest absolute Gasteiger partial charge is 0.169 e. The van der Waals surface area contributed by atoms with Crippen molar-refractivity contribution in [3.05, 3.63) is 89.7 Å². The molecule has 0 saturated heterocycles. The van der Waals surface area contributed by atoms with Crippen molar-refractivity contribution in [3.8, 4) is 5.75 Å². The Morgan fingerprint density at radius 2 is 1.52 bits per heavy atom. The number of pyridine rings is 1. The third-order valence-corrected chi connectivity index (χ3v) is 3.69. The van der Waals surface area contributed by atoms with Crippen molar-refractivity contribution in [2.45, 2.75) is 0 Å². The number of phenols is 1. The number of phenolic OH excluding ortho intramolecular Hbond substituents is 1. The van der Waals surface area contributed by atoms with Gasteiger partial charge >= 0.3 is 0 Å². The summed E-state index contributed by atoms with van der Waals surface area (Å²) < 4.78 is 1.95. The minimum absolute atomic E-state index is 0.216. The zero-order valence-corrected chi connectivity index (χ0v) is 13.9. The number of anilines is 1. The van der Waals surface area contributed by atoms with E-state index in [0.29, 0.717) is 5.69 Å². The second-order valence-corrected chi connectivity index (χ2v) is 5.66. The van der Waals surface area contributed by atoms with E-state index in [1.807, 2.05) is 72.5 Å². The third-order valence-electron chi connectivity index (χ3n) is 3.69. The molecule has 0 atom stereocenters. The molecule has 5 nitrogen and oxygen atoms in total. The number of hydrogen-bond acceptors (Lipinski definition) is 4. The molecule has 1 aromatic heterocycles. The van der Waals surface area contributed by atoms with E-state index in [2.05, 4.69) is 10.2 Å². The monoisotopic (exact) mass is 331 g/mol. The zero-order chi connectivity index (χ0) is 17.6. The van der Waals surface area contributed by atoms with E-state index in [0.717, 1.165) is 22.4 Å². The maximum absolute atomic E-state index is 9.51. The lowest BCUT2D eigenvalue weighted by atomic mass is 10.0. The Hall–Kier alpha value is -3.47. The summed E-state index contributed by atoms with van der Waals surface area (Å²) in [6.07, 6.45) is 5.59. The molecule has 124 valence electrons. The Bertz CT molecular complexity index is 848. The molecule has 2 aromatic carbocycles. The molecule has 0 aliphatic rings. The summed E-state index contributed by atoms with van der Waals surface area (Å²) in [6, 6.07) is 18.3. The Balaban J connectivity index is 1.96. The predicted octanol–water partition coefficient (Wildman–Crippen LogP) is 2.67. The summed E-state index contributed by atoms with van der Waals surface area (Å²) >= 11 is 0. The number of nitrogens with two attached hydrogens (primary N) is 1. The van der Waals surface area contributed by atoms with Crippen LogP contribution in [-0.4, -0.2) is 17.0 Å². The molecule has 0 saturated carbocycles. The average molecular weight is 331 g/mol. The summed E-state index contributed by atoms with van der Waals surface area (Å²) in [5.74, 6) is 0.216. The van der Waals surface area contributed by atoms with Crippen molar-refractivity contribution in [1.29, 1.82) is 0 Å². The lowest BCUT2D eigenvalue weighted by Gasteiger charge is -2.05. The molecule has 1 heterocycles. The standard InChI is InChI=1S/C20H18N4O/c1-24-12-10-17(11-13-24)20(16-4-8-19(25)9-5-16)23-22-14-15-2-6-18(21)7-3-15/h2-14,21,25H,1H3/p+1. The van der Waals surface area contributed by atoms with Crippen molar-refractivity contribution in [3.63, 3.8) is 0 Å². The van der Waals surface area contributed by atoms with Gasteiger partial charge in [-0.1, -0.05) is 12.1 Å². The van der Waals surface area contributed by atoms with Crippen molar-refractivity contribution >= 4 is 17.6 Å². The molecule has 0 spiro atoms. The fourth-order valence-corrected chi connectivity index (χ4v) is 2.30. The number of aromatic nitrogens is 1. The number of aromatic hydroxyl groups is 1. The second kappa shape index (κ2) is 7.40. The van der Waals surface area contributed by atoms with Gasteiger partial charge in [-0.25, -0.2) is 4.57 Å². The van der Waals surface area contributed by atoms with Gasteiger partial charge in [0.05, 0.1) is 6.21 Å². The number of nitrogen functional groups attached to an aromatic ring is 1. The minimum Gasteiger partial charge on any atom is -0.508 e. The molecule has 0 fully saturated rings. The molecule has 0 radical (unpaired) electrons. The van der Waals surface area contributed by atoms with Gasteiger partial charge in [0, 0.05) is 28.9 Å². The highest BCUT2D eigenvalue weighted by atomic mass is 16.3. The van der Waals surface area contributed by atoms with Crippen LogP contribution in [-0.2, 0) is 7.05 Å². The SMILES string of the molecule is C[n+]1ccc(/C(=N\N=C\c2ccc(N)cc2)c2ccc(O)cc2)cc1. The number of rotatable bonds is 4. The largest absolute Gasteiger partial charge is 0.508 e. The summed E-state index contributed by atoms with van der Waals surface area (Å²) in [5.41, 5.74) is 9.86. The van der Waals surface area contributed by atoms with Gasteiger partial charge in [0.15, 0.2) is 12.4 Å². The number of nitrogens with zero attached hydrogens (tertiary/aromatic N) is 3. The number of hydrogen-bond donors (Lipinski definition) is 2.